The second-order valence-electron chi connectivity index (χ2n) is 4.44. The smallest absolute Gasteiger partial charge is 0.223 e. The van der Waals surface area contributed by atoms with Crippen molar-refractivity contribution in [2.75, 3.05) is 20.2 Å². The van der Waals surface area contributed by atoms with Gasteiger partial charge in [-0.25, -0.2) is 0 Å². The molecule has 0 atom stereocenters. The molecule has 0 unspecified atom stereocenters. The first-order chi connectivity index (χ1) is 9.54. The van der Waals surface area contributed by atoms with Crippen molar-refractivity contribution in [1.82, 2.24) is 4.90 Å². The number of ether oxygens (including phenoxy) is 1. The van der Waals surface area contributed by atoms with E-state index in [9.17, 15) is 9.59 Å². The van der Waals surface area contributed by atoms with Crippen molar-refractivity contribution in [2.24, 2.45) is 0 Å². The average Bonchev–Trinajstić information content (AvgIpc) is 2.44. The van der Waals surface area contributed by atoms with E-state index in [2.05, 4.69) is 0 Å². The molecule has 5 nitrogen and oxygen atoms in total. The third kappa shape index (κ3) is 5.11. The maximum atomic E-state index is 11.6. The summed E-state index contributed by atoms with van der Waals surface area (Å²) in [7, 11) is 1.60. The van der Waals surface area contributed by atoms with E-state index in [1.165, 1.54) is 11.8 Å². The van der Waals surface area contributed by atoms with Gasteiger partial charge in [-0.3, -0.25) is 9.59 Å². The summed E-state index contributed by atoms with van der Waals surface area (Å²) >= 11 is 0. The van der Waals surface area contributed by atoms with Crippen LogP contribution in [0.25, 0.3) is 0 Å². The fourth-order valence-electron chi connectivity index (χ4n) is 1.60. The van der Waals surface area contributed by atoms with Gasteiger partial charge >= 0.3 is 0 Å². The normalized spacial score (nSPS) is 9.65. The van der Waals surface area contributed by atoms with Gasteiger partial charge in [0.15, 0.2) is 5.78 Å². The fourth-order valence-corrected chi connectivity index (χ4v) is 1.60. The average molecular weight is 274 g/mol. The topological polar surface area (TPSA) is 70.4 Å². The van der Waals surface area contributed by atoms with Crippen molar-refractivity contribution in [2.45, 2.75) is 19.8 Å². The molecule has 5 heteroatoms. The van der Waals surface area contributed by atoms with Crippen LogP contribution in [-0.4, -0.2) is 36.8 Å². The summed E-state index contributed by atoms with van der Waals surface area (Å²) < 4.78 is 5.50. The summed E-state index contributed by atoms with van der Waals surface area (Å²) in [6.45, 7) is 2.00. The van der Waals surface area contributed by atoms with Crippen LogP contribution in [0.2, 0.25) is 0 Å². The lowest BCUT2D eigenvalue weighted by Gasteiger charge is -2.13. The molecule has 0 aromatic heterocycles. The van der Waals surface area contributed by atoms with E-state index in [4.69, 9.17) is 10.00 Å². The maximum absolute atomic E-state index is 11.6. The lowest BCUT2D eigenvalue weighted by Crippen LogP contribution is -2.27. The largest absolute Gasteiger partial charge is 0.494 e. The van der Waals surface area contributed by atoms with Crippen LogP contribution in [0.1, 0.15) is 30.1 Å². The monoisotopic (exact) mass is 274 g/mol. The molecule has 0 radical (unpaired) electrons. The van der Waals surface area contributed by atoms with Crippen LogP contribution in [0.4, 0.5) is 0 Å². The van der Waals surface area contributed by atoms with Crippen LogP contribution >= 0.6 is 0 Å². The van der Waals surface area contributed by atoms with Crippen LogP contribution in [-0.2, 0) is 4.79 Å². The molecule has 0 aliphatic carbocycles. The van der Waals surface area contributed by atoms with E-state index in [1.54, 1.807) is 31.3 Å². The lowest BCUT2D eigenvalue weighted by molar-refractivity contribution is -0.129. The molecule has 106 valence electrons. The molecule has 0 aliphatic heterocycles. The number of ketones is 1. The van der Waals surface area contributed by atoms with Crippen molar-refractivity contribution in [3.05, 3.63) is 29.8 Å². The lowest BCUT2D eigenvalue weighted by atomic mass is 10.1. The van der Waals surface area contributed by atoms with Crippen molar-refractivity contribution in [1.29, 1.82) is 5.26 Å². The number of hydrogen-bond donors (Lipinski definition) is 0. The maximum Gasteiger partial charge on any atom is 0.223 e. The van der Waals surface area contributed by atoms with Gasteiger partial charge in [0.2, 0.25) is 5.91 Å². The van der Waals surface area contributed by atoms with Crippen molar-refractivity contribution >= 4 is 11.7 Å². The van der Waals surface area contributed by atoms with E-state index in [0.717, 1.165) is 0 Å². The first kappa shape index (κ1) is 15.7. The number of rotatable bonds is 7. The Hall–Kier alpha value is -2.35. The van der Waals surface area contributed by atoms with Crippen molar-refractivity contribution < 1.29 is 14.3 Å². The number of nitriles is 1. The molecule has 20 heavy (non-hydrogen) atoms. The number of nitrogens with zero attached hydrogens (tertiary/aromatic N) is 2. The number of Topliss-reactive ketones (excluding diaryl/α,β-unsaturated/α-hetero) is 1. The molecule has 1 aromatic carbocycles. The molecule has 1 amide bonds. The third-order valence-corrected chi connectivity index (χ3v) is 2.78. The Morgan fingerprint density at radius 3 is 2.80 bits per heavy atom. The quantitative estimate of drug-likeness (QED) is 0.433. The van der Waals surface area contributed by atoms with E-state index in [0.29, 0.717) is 30.8 Å². The van der Waals surface area contributed by atoms with Crippen LogP contribution in [0.3, 0.4) is 0 Å². The van der Waals surface area contributed by atoms with Crippen LogP contribution in [0, 0.1) is 11.3 Å². The Bertz CT molecular complexity index is 520. The molecule has 1 aromatic rings. The zero-order chi connectivity index (χ0) is 15.0. The first-order valence-corrected chi connectivity index (χ1v) is 6.39. The summed E-state index contributed by atoms with van der Waals surface area (Å²) in [4.78, 5) is 24.2. The van der Waals surface area contributed by atoms with Gasteiger partial charge in [-0.1, -0.05) is 12.1 Å². The molecule has 0 saturated heterocycles. The Labute approximate surface area is 118 Å². The van der Waals surface area contributed by atoms with E-state index in [1.807, 2.05) is 6.07 Å². The third-order valence-electron chi connectivity index (χ3n) is 2.78. The summed E-state index contributed by atoms with van der Waals surface area (Å²) in [5.41, 5.74) is 0.604. The van der Waals surface area contributed by atoms with Gasteiger partial charge in [-0.15, -0.1) is 0 Å². The van der Waals surface area contributed by atoms with Crippen LogP contribution in [0.15, 0.2) is 24.3 Å². The summed E-state index contributed by atoms with van der Waals surface area (Å²) in [6, 6.07) is 8.88. The van der Waals surface area contributed by atoms with Gasteiger partial charge in [-0.2, -0.15) is 5.26 Å². The van der Waals surface area contributed by atoms with Gasteiger partial charge in [0.05, 0.1) is 12.7 Å². The Kier molecular flexibility index (Phi) is 6.24. The summed E-state index contributed by atoms with van der Waals surface area (Å²) in [6.07, 6.45) is 0.906. The number of amides is 1. The predicted molar refractivity (Wildman–Crippen MR) is 74.4 cm³/mol. The summed E-state index contributed by atoms with van der Waals surface area (Å²) in [5, 5.41) is 8.48. The van der Waals surface area contributed by atoms with E-state index in [-0.39, 0.29) is 18.2 Å². The molecule has 0 saturated carbocycles. The van der Waals surface area contributed by atoms with Gasteiger partial charge in [0.1, 0.15) is 12.3 Å². The second-order valence-corrected chi connectivity index (χ2v) is 4.44. The van der Waals surface area contributed by atoms with Gasteiger partial charge in [0.25, 0.3) is 0 Å². The highest BCUT2D eigenvalue weighted by Crippen LogP contribution is 2.14. The minimum Gasteiger partial charge on any atom is -0.494 e. The molecular formula is C15H18N2O3. The van der Waals surface area contributed by atoms with Gasteiger partial charge in [-0.05, 0) is 25.5 Å². The minimum atomic E-state index is -0.0763. The Morgan fingerprint density at radius 2 is 2.15 bits per heavy atom. The predicted octanol–water partition coefficient (Wildman–Crippen LogP) is 2.03. The van der Waals surface area contributed by atoms with E-state index >= 15 is 0 Å². The molecule has 0 heterocycles. The number of carbonyl (C=O) groups excluding carboxylic acids is 2. The molecule has 0 aliphatic rings. The second kappa shape index (κ2) is 7.95. The zero-order valence-corrected chi connectivity index (χ0v) is 11.8. The fraction of sp³-hybridized carbons (Fsp3) is 0.400. The highest BCUT2D eigenvalue weighted by molar-refractivity contribution is 5.94. The van der Waals surface area contributed by atoms with Crippen LogP contribution in [0.5, 0.6) is 5.75 Å². The highest BCUT2D eigenvalue weighted by Gasteiger charge is 2.07. The highest BCUT2D eigenvalue weighted by atomic mass is 16.5. The zero-order valence-electron chi connectivity index (χ0n) is 11.8. The van der Waals surface area contributed by atoms with Crippen molar-refractivity contribution in [3.63, 3.8) is 0 Å². The minimum absolute atomic E-state index is 0.0104. The Morgan fingerprint density at radius 1 is 1.40 bits per heavy atom. The number of hydrogen-bond acceptors (Lipinski definition) is 4. The summed E-state index contributed by atoms with van der Waals surface area (Å²) in [5.74, 6) is 0.534. The molecule has 1 rings (SSSR count). The molecule has 0 bridgehead atoms. The number of benzene rings is 1. The van der Waals surface area contributed by atoms with Crippen LogP contribution < -0.4 is 4.74 Å². The molecular weight excluding hydrogens is 256 g/mol. The standard InChI is InChI=1S/C15H18N2O3/c1-12(18)13-5-3-6-14(11-13)20-10-4-7-15(19)17(2)9-8-16/h3,5-6,11H,4,7,9-10H2,1-2H3. The van der Waals surface area contributed by atoms with E-state index < -0.39 is 0 Å². The SMILES string of the molecule is CC(=O)c1cccc(OCCCC(=O)N(C)CC#N)c1. The Balaban J connectivity index is 2.35. The first-order valence-electron chi connectivity index (χ1n) is 6.39. The van der Waals surface area contributed by atoms with Gasteiger partial charge < -0.3 is 9.64 Å². The molecule has 0 fully saturated rings. The molecule has 0 spiro atoms. The van der Waals surface area contributed by atoms with Gasteiger partial charge in [0, 0.05) is 19.0 Å². The van der Waals surface area contributed by atoms with Crippen molar-refractivity contribution in [3.8, 4) is 11.8 Å². The number of carbonyl (C=O) groups is 2. The molecule has 0 N–H and O–H groups in total.